The second-order valence-corrected chi connectivity index (χ2v) is 6.57. The van der Waals surface area contributed by atoms with Crippen LogP contribution in [0.3, 0.4) is 0 Å². The average Bonchev–Trinajstić information content (AvgIpc) is 3.05. The Morgan fingerprint density at radius 3 is 2.77 bits per heavy atom. The van der Waals surface area contributed by atoms with E-state index in [0.717, 1.165) is 51.6 Å². The summed E-state index contributed by atoms with van der Waals surface area (Å²) in [5, 5.41) is 3.48. The van der Waals surface area contributed by atoms with Crippen LogP contribution in [0.4, 0.5) is 0 Å². The molecule has 7 heteroatoms. The molecule has 5 nitrogen and oxygen atoms in total. The van der Waals surface area contributed by atoms with Gasteiger partial charge in [-0.25, -0.2) is 0 Å². The molecule has 2 aliphatic rings. The maximum atomic E-state index is 5.89. The highest BCUT2D eigenvalue weighted by atomic mass is 127. The van der Waals surface area contributed by atoms with E-state index < -0.39 is 0 Å². The first-order valence-electron chi connectivity index (χ1n) is 8.03. The highest BCUT2D eigenvalue weighted by molar-refractivity contribution is 14.0. The van der Waals surface area contributed by atoms with Crippen LogP contribution in [0.5, 0.6) is 0 Å². The molecule has 2 atom stereocenters. The van der Waals surface area contributed by atoms with E-state index in [1.54, 1.807) is 0 Å². The highest BCUT2D eigenvalue weighted by Crippen LogP contribution is 2.20. The zero-order valence-electron chi connectivity index (χ0n) is 13.8. The van der Waals surface area contributed by atoms with Crippen molar-refractivity contribution in [2.75, 3.05) is 51.9 Å². The van der Waals surface area contributed by atoms with Crippen molar-refractivity contribution >= 4 is 41.7 Å². The summed E-state index contributed by atoms with van der Waals surface area (Å²) in [4.78, 5) is 6.73. The molecule has 2 aliphatic heterocycles. The maximum absolute atomic E-state index is 5.89. The number of halogens is 1. The van der Waals surface area contributed by atoms with Crippen LogP contribution in [0.2, 0.25) is 0 Å². The Morgan fingerprint density at radius 1 is 1.27 bits per heavy atom. The largest absolute Gasteiger partial charge is 0.375 e. The van der Waals surface area contributed by atoms with Crippen molar-refractivity contribution in [1.29, 1.82) is 0 Å². The Balaban J connectivity index is 0.00000242. The average molecular weight is 443 g/mol. The third-order valence-corrected chi connectivity index (χ3v) is 4.74. The number of morpholine rings is 1. The van der Waals surface area contributed by atoms with Crippen molar-refractivity contribution in [3.63, 3.8) is 0 Å². The lowest BCUT2D eigenvalue weighted by atomic mass is 10.1. The van der Waals surface area contributed by atoms with E-state index >= 15 is 0 Å². The Hall–Kier alpha value is 0.270. The molecule has 2 rings (SSSR count). The van der Waals surface area contributed by atoms with Gasteiger partial charge in [-0.05, 0) is 37.7 Å². The molecule has 0 amide bonds. The summed E-state index contributed by atoms with van der Waals surface area (Å²) in [6.45, 7) is 4.43. The first kappa shape index (κ1) is 20.3. The van der Waals surface area contributed by atoms with Crippen LogP contribution in [0.1, 0.15) is 25.7 Å². The Kier molecular flexibility index (Phi) is 10.9. The Morgan fingerprint density at radius 2 is 2.09 bits per heavy atom. The molecule has 0 saturated carbocycles. The van der Waals surface area contributed by atoms with E-state index in [-0.39, 0.29) is 36.2 Å². The zero-order chi connectivity index (χ0) is 14.9. The van der Waals surface area contributed by atoms with E-state index in [2.05, 4.69) is 21.5 Å². The van der Waals surface area contributed by atoms with Crippen molar-refractivity contribution in [2.45, 2.75) is 37.9 Å². The fraction of sp³-hybridized carbons (Fsp3) is 0.933. The molecule has 0 aromatic heterocycles. The molecule has 0 aromatic rings. The summed E-state index contributed by atoms with van der Waals surface area (Å²) in [6, 6.07) is 0. The van der Waals surface area contributed by atoms with Crippen LogP contribution in [-0.4, -0.2) is 75.0 Å². The number of nitrogens with zero attached hydrogens (tertiary/aromatic N) is 2. The van der Waals surface area contributed by atoms with Crippen molar-refractivity contribution < 1.29 is 9.47 Å². The number of rotatable bonds is 6. The third kappa shape index (κ3) is 6.41. The minimum Gasteiger partial charge on any atom is -0.375 e. The standard InChI is InChI=1S/C15H29N3O2S.HI/c1-16-15(17-7-3-4-11-21-2)18-8-10-20-14(12-18)13-6-5-9-19-13;/h13-14H,3-12H2,1-2H3,(H,16,17);1H. The molecule has 130 valence electrons. The van der Waals surface area contributed by atoms with E-state index in [9.17, 15) is 0 Å². The predicted octanol–water partition coefficient (Wildman–Crippen LogP) is 2.20. The van der Waals surface area contributed by atoms with Gasteiger partial charge in [-0.2, -0.15) is 11.8 Å². The van der Waals surface area contributed by atoms with Gasteiger partial charge in [0.1, 0.15) is 6.10 Å². The predicted molar refractivity (Wildman–Crippen MR) is 105 cm³/mol. The molecular weight excluding hydrogens is 413 g/mol. The van der Waals surface area contributed by atoms with Crippen LogP contribution < -0.4 is 5.32 Å². The van der Waals surface area contributed by atoms with Crippen molar-refractivity contribution in [3.05, 3.63) is 0 Å². The van der Waals surface area contributed by atoms with Crippen molar-refractivity contribution in [1.82, 2.24) is 10.2 Å². The fourth-order valence-electron chi connectivity index (χ4n) is 2.89. The highest BCUT2D eigenvalue weighted by Gasteiger charge is 2.32. The molecule has 22 heavy (non-hydrogen) atoms. The van der Waals surface area contributed by atoms with Gasteiger partial charge in [0.05, 0.1) is 12.7 Å². The minimum absolute atomic E-state index is 0. The molecular formula is C15H30IN3O2S. The maximum Gasteiger partial charge on any atom is 0.193 e. The van der Waals surface area contributed by atoms with E-state index in [1.165, 1.54) is 18.6 Å². The Bertz CT molecular complexity index is 328. The number of nitrogens with one attached hydrogen (secondary N) is 1. The summed E-state index contributed by atoms with van der Waals surface area (Å²) in [7, 11) is 1.86. The number of aliphatic imine (C=N–C) groups is 1. The smallest absolute Gasteiger partial charge is 0.193 e. The molecule has 2 heterocycles. The van der Waals surface area contributed by atoms with E-state index in [0.29, 0.717) is 0 Å². The summed E-state index contributed by atoms with van der Waals surface area (Å²) in [5.41, 5.74) is 0. The van der Waals surface area contributed by atoms with Gasteiger partial charge >= 0.3 is 0 Å². The zero-order valence-corrected chi connectivity index (χ0v) is 16.9. The number of guanidine groups is 1. The number of ether oxygens (including phenoxy) is 2. The lowest BCUT2D eigenvalue weighted by Gasteiger charge is -2.37. The fourth-order valence-corrected chi connectivity index (χ4v) is 3.39. The lowest BCUT2D eigenvalue weighted by molar-refractivity contribution is -0.0816. The van der Waals surface area contributed by atoms with Gasteiger partial charge in [0.15, 0.2) is 5.96 Å². The minimum atomic E-state index is 0. The second-order valence-electron chi connectivity index (χ2n) is 5.58. The summed E-state index contributed by atoms with van der Waals surface area (Å²) < 4.78 is 11.7. The van der Waals surface area contributed by atoms with Gasteiger partial charge in [0, 0.05) is 33.3 Å². The number of hydrogen-bond acceptors (Lipinski definition) is 4. The van der Waals surface area contributed by atoms with E-state index in [1.807, 2.05) is 18.8 Å². The molecule has 0 spiro atoms. The summed E-state index contributed by atoms with van der Waals surface area (Å²) in [5.74, 6) is 2.24. The topological polar surface area (TPSA) is 46.1 Å². The van der Waals surface area contributed by atoms with Gasteiger partial charge in [-0.15, -0.1) is 24.0 Å². The Labute approximate surface area is 156 Å². The van der Waals surface area contributed by atoms with Crippen molar-refractivity contribution in [2.24, 2.45) is 4.99 Å². The summed E-state index contributed by atoms with van der Waals surface area (Å²) in [6.07, 6.45) is 7.35. The van der Waals surface area contributed by atoms with Crippen LogP contribution in [0.15, 0.2) is 4.99 Å². The first-order chi connectivity index (χ1) is 10.3. The molecule has 0 bridgehead atoms. The molecule has 0 radical (unpaired) electrons. The van der Waals surface area contributed by atoms with Gasteiger partial charge in [0.25, 0.3) is 0 Å². The molecule has 2 fully saturated rings. The monoisotopic (exact) mass is 443 g/mol. The van der Waals surface area contributed by atoms with Crippen LogP contribution >= 0.6 is 35.7 Å². The number of unbranched alkanes of at least 4 members (excludes halogenated alkanes) is 1. The second kappa shape index (κ2) is 11.8. The van der Waals surface area contributed by atoms with E-state index in [4.69, 9.17) is 9.47 Å². The molecule has 2 unspecified atom stereocenters. The quantitative estimate of drug-likeness (QED) is 0.295. The number of hydrogen-bond donors (Lipinski definition) is 1. The SMILES string of the molecule is CN=C(NCCCCSC)N1CCOC(C2CCCO2)C1.I. The molecule has 1 N–H and O–H groups in total. The van der Waals surface area contributed by atoms with Crippen LogP contribution in [0, 0.1) is 0 Å². The van der Waals surface area contributed by atoms with Crippen LogP contribution in [-0.2, 0) is 9.47 Å². The van der Waals surface area contributed by atoms with Gasteiger partial charge in [-0.3, -0.25) is 4.99 Å². The first-order valence-corrected chi connectivity index (χ1v) is 9.42. The summed E-state index contributed by atoms with van der Waals surface area (Å²) >= 11 is 1.91. The van der Waals surface area contributed by atoms with Crippen LogP contribution in [0.25, 0.3) is 0 Å². The molecule has 2 saturated heterocycles. The molecule has 0 aliphatic carbocycles. The van der Waals surface area contributed by atoms with Gasteiger partial charge in [0.2, 0.25) is 0 Å². The van der Waals surface area contributed by atoms with Gasteiger partial charge in [-0.1, -0.05) is 0 Å². The van der Waals surface area contributed by atoms with Crippen molar-refractivity contribution in [3.8, 4) is 0 Å². The van der Waals surface area contributed by atoms with Gasteiger partial charge < -0.3 is 19.7 Å². The normalized spacial score (nSPS) is 25.9. The molecule has 0 aromatic carbocycles. The third-order valence-electron chi connectivity index (χ3n) is 4.04. The lowest BCUT2D eigenvalue weighted by Crippen LogP contribution is -2.53. The number of thioether (sulfide) groups is 1.